The van der Waals surface area contributed by atoms with Crippen molar-refractivity contribution in [2.75, 3.05) is 0 Å². The standard InChI is InChI=1S/C20H34O/c1-5-6-7-8-9-10-11-12-13-17(3)19-15-16(2)14-18(4)20(19)21/h14-15,17,21H,5-13H2,1-4H3/t17-/m1/s1. The first-order valence-corrected chi connectivity index (χ1v) is 8.86. The van der Waals surface area contributed by atoms with Crippen LogP contribution in [-0.4, -0.2) is 5.11 Å². The molecule has 0 saturated carbocycles. The minimum Gasteiger partial charge on any atom is -0.507 e. The van der Waals surface area contributed by atoms with Gasteiger partial charge in [0.1, 0.15) is 5.75 Å². The smallest absolute Gasteiger partial charge is 0.121 e. The van der Waals surface area contributed by atoms with Crippen molar-refractivity contribution >= 4 is 0 Å². The van der Waals surface area contributed by atoms with Gasteiger partial charge < -0.3 is 5.11 Å². The van der Waals surface area contributed by atoms with Crippen LogP contribution >= 0.6 is 0 Å². The van der Waals surface area contributed by atoms with E-state index >= 15 is 0 Å². The van der Waals surface area contributed by atoms with Crippen molar-refractivity contribution in [3.05, 3.63) is 28.8 Å². The van der Waals surface area contributed by atoms with Crippen LogP contribution in [0.5, 0.6) is 5.75 Å². The number of rotatable bonds is 10. The third-order valence-corrected chi connectivity index (χ3v) is 4.50. The van der Waals surface area contributed by atoms with Crippen LogP contribution in [0.1, 0.15) is 94.2 Å². The molecule has 21 heavy (non-hydrogen) atoms. The van der Waals surface area contributed by atoms with E-state index in [-0.39, 0.29) is 0 Å². The van der Waals surface area contributed by atoms with Gasteiger partial charge in [-0.3, -0.25) is 0 Å². The molecule has 0 aromatic heterocycles. The quantitative estimate of drug-likeness (QED) is 0.479. The Morgan fingerprint density at radius 3 is 2.10 bits per heavy atom. The normalized spacial score (nSPS) is 12.6. The van der Waals surface area contributed by atoms with Crippen LogP contribution in [-0.2, 0) is 0 Å². The molecule has 1 aromatic carbocycles. The van der Waals surface area contributed by atoms with Crippen LogP contribution in [0.4, 0.5) is 0 Å². The lowest BCUT2D eigenvalue weighted by atomic mass is 9.91. The van der Waals surface area contributed by atoms with Gasteiger partial charge >= 0.3 is 0 Å². The Labute approximate surface area is 131 Å². The molecule has 1 heteroatoms. The number of phenols is 1. The maximum atomic E-state index is 10.2. The predicted octanol–water partition coefficient (Wildman–Crippen LogP) is 6.64. The van der Waals surface area contributed by atoms with Gasteiger partial charge in [-0.25, -0.2) is 0 Å². The molecule has 0 unspecified atom stereocenters. The summed E-state index contributed by atoms with van der Waals surface area (Å²) in [5.74, 6) is 0.969. The summed E-state index contributed by atoms with van der Waals surface area (Å²) in [6.45, 7) is 8.62. The molecule has 1 rings (SSSR count). The van der Waals surface area contributed by atoms with E-state index in [2.05, 4.69) is 32.9 Å². The lowest BCUT2D eigenvalue weighted by Gasteiger charge is -2.16. The second-order valence-electron chi connectivity index (χ2n) is 6.68. The average Bonchev–Trinajstić information content (AvgIpc) is 2.45. The zero-order valence-electron chi connectivity index (χ0n) is 14.5. The summed E-state index contributed by atoms with van der Waals surface area (Å²) in [6.07, 6.45) is 12.1. The van der Waals surface area contributed by atoms with Gasteiger partial charge in [-0.15, -0.1) is 0 Å². The Balaban J connectivity index is 2.27. The van der Waals surface area contributed by atoms with E-state index in [0.717, 1.165) is 11.1 Å². The highest BCUT2D eigenvalue weighted by atomic mass is 16.3. The third kappa shape index (κ3) is 6.54. The lowest BCUT2D eigenvalue weighted by molar-refractivity contribution is 0.453. The molecule has 0 aliphatic heterocycles. The van der Waals surface area contributed by atoms with Gasteiger partial charge in [0.15, 0.2) is 0 Å². The number of benzene rings is 1. The average molecular weight is 290 g/mol. The summed E-state index contributed by atoms with van der Waals surface area (Å²) in [4.78, 5) is 0. The van der Waals surface area contributed by atoms with Crippen molar-refractivity contribution in [1.29, 1.82) is 0 Å². The highest BCUT2D eigenvalue weighted by molar-refractivity contribution is 5.44. The van der Waals surface area contributed by atoms with Gasteiger partial charge in [0.25, 0.3) is 0 Å². The molecule has 0 fully saturated rings. The van der Waals surface area contributed by atoms with E-state index < -0.39 is 0 Å². The molecule has 0 bridgehead atoms. The Morgan fingerprint density at radius 1 is 0.905 bits per heavy atom. The highest BCUT2D eigenvalue weighted by Gasteiger charge is 2.12. The van der Waals surface area contributed by atoms with Gasteiger partial charge in [-0.1, -0.05) is 82.9 Å². The van der Waals surface area contributed by atoms with E-state index in [4.69, 9.17) is 0 Å². The Kier molecular flexibility index (Phi) is 8.49. The summed E-state index contributed by atoms with van der Waals surface area (Å²) < 4.78 is 0. The fraction of sp³-hybridized carbons (Fsp3) is 0.700. The predicted molar refractivity (Wildman–Crippen MR) is 93.2 cm³/mol. The van der Waals surface area contributed by atoms with Gasteiger partial charge in [-0.2, -0.15) is 0 Å². The van der Waals surface area contributed by atoms with Crippen LogP contribution in [0.25, 0.3) is 0 Å². The van der Waals surface area contributed by atoms with E-state index in [1.807, 2.05) is 6.92 Å². The van der Waals surface area contributed by atoms with Crippen molar-refractivity contribution < 1.29 is 5.11 Å². The van der Waals surface area contributed by atoms with Gasteiger partial charge in [0.05, 0.1) is 0 Å². The van der Waals surface area contributed by atoms with Crippen molar-refractivity contribution in [2.24, 2.45) is 0 Å². The van der Waals surface area contributed by atoms with Crippen LogP contribution in [0.2, 0.25) is 0 Å². The molecule has 0 amide bonds. The van der Waals surface area contributed by atoms with E-state index in [9.17, 15) is 5.11 Å². The van der Waals surface area contributed by atoms with Crippen molar-refractivity contribution in [3.63, 3.8) is 0 Å². The summed E-state index contributed by atoms with van der Waals surface area (Å²) in [5.41, 5.74) is 3.39. The zero-order valence-corrected chi connectivity index (χ0v) is 14.5. The first-order chi connectivity index (χ1) is 10.1. The topological polar surface area (TPSA) is 20.2 Å². The number of hydrogen-bond acceptors (Lipinski definition) is 1. The minimum atomic E-state index is 0.462. The van der Waals surface area contributed by atoms with Gasteiger partial charge in [-0.05, 0) is 37.3 Å². The van der Waals surface area contributed by atoms with Gasteiger partial charge in [0, 0.05) is 0 Å². The molecule has 0 spiro atoms. The van der Waals surface area contributed by atoms with E-state index in [0.29, 0.717) is 11.7 Å². The molecule has 1 aromatic rings. The Morgan fingerprint density at radius 2 is 1.48 bits per heavy atom. The van der Waals surface area contributed by atoms with Crippen molar-refractivity contribution in [1.82, 2.24) is 0 Å². The second kappa shape index (κ2) is 9.87. The molecular formula is C20H34O. The molecule has 1 N–H and O–H groups in total. The largest absolute Gasteiger partial charge is 0.507 e. The number of unbranched alkanes of at least 4 members (excludes halogenated alkanes) is 7. The molecule has 0 heterocycles. The first-order valence-electron chi connectivity index (χ1n) is 8.86. The first kappa shape index (κ1) is 18.1. The number of aryl methyl sites for hydroxylation is 2. The summed E-state index contributed by atoms with van der Waals surface area (Å²) in [6, 6.07) is 4.21. The van der Waals surface area contributed by atoms with Crippen LogP contribution in [0, 0.1) is 13.8 Å². The number of hydrogen-bond donors (Lipinski definition) is 1. The lowest BCUT2D eigenvalue weighted by Crippen LogP contribution is -1.97. The third-order valence-electron chi connectivity index (χ3n) is 4.50. The second-order valence-corrected chi connectivity index (χ2v) is 6.68. The SMILES string of the molecule is CCCCCCCCCC[C@@H](C)c1cc(C)cc(C)c1O. The fourth-order valence-corrected chi connectivity index (χ4v) is 3.11. The molecular weight excluding hydrogens is 256 g/mol. The van der Waals surface area contributed by atoms with Crippen molar-refractivity contribution in [3.8, 4) is 5.75 Å². The number of aromatic hydroxyl groups is 1. The zero-order chi connectivity index (χ0) is 15.7. The maximum Gasteiger partial charge on any atom is 0.121 e. The van der Waals surface area contributed by atoms with E-state index in [1.165, 1.54) is 63.4 Å². The maximum absolute atomic E-state index is 10.2. The molecule has 0 radical (unpaired) electrons. The minimum absolute atomic E-state index is 0.462. The Bertz CT molecular complexity index is 409. The van der Waals surface area contributed by atoms with Crippen LogP contribution < -0.4 is 0 Å². The summed E-state index contributed by atoms with van der Waals surface area (Å²) >= 11 is 0. The summed E-state index contributed by atoms with van der Waals surface area (Å²) in [7, 11) is 0. The van der Waals surface area contributed by atoms with Crippen LogP contribution in [0.15, 0.2) is 12.1 Å². The molecule has 1 atom stereocenters. The number of phenolic OH excluding ortho intramolecular Hbond substituents is 1. The molecule has 120 valence electrons. The monoisotopic (exact) mass is 290 g/mol. The highest BCUT2D eigenvalue weighted by Crippen LogP contribution is 2.33. The summed E-state index contributed by atoms with van der Waals surface area (Å²) in [5, 5.41) is 10.2. The van der Waals surface area contributed by atoms with Crippen LogP contribution in [0.3, 0.4) is 0 Å². The van der Waals surface area contributed by atoms with E-state index in [1.54, 1.807) is 0 Å². The van der Waals surface area contributed by atoms with Gasteiger partial charge in [0.2, 0.25) is 0 Å². The fourth-order valence-electron chi connectivity index (χ4n) is 3.11. The molecule has 0 aliphatic rings. The molecule has 0 saturated heterocycles. The molecule has 1 nitrogen and oxygen atoms in total. The Hall–Kier alpha value is -0.980. The van der Waals surface area contributed by atoms with Crippen molar-refractivity contribution in [2.45, 2.75) is 91.4 Å². The molecule has 0 aliphatic carbocycles.